The number of hydrogen-bond acceptors (Lipinski definition) is 4. The Morgan fingerprint density at radius 3 is 2.89 bits per heavy atom. The van der Waals surface area contributed by atoms with Crippen molar-refractivity contribution in [3.05, 3.63) is 29.8 Å². The van der Waals surface area contributed by atoms with Gasteiger partial charge in [0, 0.05) is 11.5 Å². The maximum absolute atomic E-state index is 11.1. The molecule has 0 aliphatic heterocycles. The van der Waals surface area contributed by atoms with Crippen molar-refractivity contribution in [1.82, 2.24) is 4.57 Å². The van der Waals surface area contributed by atoms with Gasteiger partial charge >= 0.3 is 6.16 Å². The van der Waals surface area contributed by atoms with Crippen LogP contribution in [0.25, 0.3) is 10.9 Å². The van der Waals surface area contributed by atoms with E-state index in [9.17, 15) is 4.79 Å². The highest BCUT2D eigenvalue weighted by atomic mass is 16.7. The largest absolute Gasteiger partial charge is 0.514 e. The topological polar surface area (TPSA) is 64.2 Å². The lowest BCUT2D eigenvalue weighted by atomic mass is 10.2. The van der Waals surface area contributed by atoms with Gasteiger partial charge in [0.15, 0.2) is 0 Å². The normalized spacial score (nSPS) is 10.1. The first kappa shape index (κ1) is 12.0. The van der Waals surface area contributed by atoms with Crippen molar-refractivity contribution in [2.24, 2.45) is 0 Å². The fraction of sp³-hybridized carbons (Fsp3) is 0.231. The number of carbonyl (C=O) groups excluding carboxylic acids is 1. The third-order valence-corrected chi connectivity index (χ3v) is 2.60. The highest BCUT2D eigenvalue weighted by Crippen LogP contribution is 2.26. The van der Waals surface area contributed by atoms with E-state index in [1.165, 1.54) is 7.11 Å². The van der Waals surface area contributed by atoms with Crippen LogP contribution < -0.4 is 4.74 Å². The van der Waals surface area contributed by atoms with Gasteiger partial charge in [-0.05, 0) is 19.1 Å². The first-order valence-corrected chi connectivity index (χ1v) is 5.38. The summed E-state index contributed by atoms with van der Waals surface area (Å²) in [5, 5.41) is 9.75. The third-order valence-electron chi connectivity index (χ3n) is 2.60. The van der Waals surface area contributed by atoms with Crippen molar-refractivity contribution in [3.63, 3.8) is 0 Å². The van der Waals surface area contributed by atoms with Crippen LogP contribution in [0.5, 0.6) is 5.88 Å². The molecule has 5 nitrogen and oxygen atoms in total. The standard InChI is InChI=1S/C13H12N2O3/c1-9-3-4-11-10(7-9)8-12(15(11)6-5-14)18-13(16)17-2/h3-4,7-8H,6H2,1-2H3. The summed E-state index contributed by atoms with van der Waals surface area (Å²) in [7, 11) is 1.24. The van der Waals surface area contributed by atoms with Gasteiger partial charge in [-0.3, -0.25) is 4.57 Å². The first-order valence-electron chi connectivity index (χ1n) is 5.38. The number of methoxy groups -OCH3 is 1. The van der Waals surface area contributed by atoms with Gasteiger partial charge in [0.25, 0.3) is 0 Å². The van der Waals surface area contributed by atoms with Gasteiger partial charge in [-0.1, -0.05) is 11.6 Å². The van der Waals surface area contributed by atoms with Crippen molar-refractivity contribution in [2.75, 3.05) is 7.11 Å². The number of benzene rings is 1. The molecule has 0 amide bonds. The number of rotatable bonds is 2. The van der Waals surface area contributed by atoms with E-state index in [2.05, 4.69) is 4.74 Å². The van der Waals surface area contributed by atoms with Crippen molar-refractivity contribution in [3.8, 4) is 11.9 Å². The van der Waals surface area contributed by atoms with Gasteiger partial charge in [0.1, 0.15) is 6.54 Å². The minimum atomic E-state index is -0.797. The van der Waals surface area contributed by atoms with Crippen LogP contribution in [0.4, 0.5) is 4.79 Å². The Kier molecular flexibility index (Phi) is 3.20. The van der Waals surface area contributed by atoms with Crippen molar-refractivity contribution in [2.45, 2.75) is 13.5 Å². The second kappa shape index (κ2) is 4.80. The zero-order chi connectivity index (χ0) is 13.1. The molecule has 0 fully saturated rings. The highest BCUT2D eigenvalue weighted by Gasteiger charge is 2.13. The molecule has 0 aliphatic rings. The Bertz CT molecular complexity index is 637. The summed E-state index contributed by atoms with van der Waals surface area (Å²) >= 11 is 0. The summed E-state index contributed by atoms with van der Waals surface area (Å²) in [6.07, 6.45) is -0.797. The smallest absolute Gasteiger partial charge is 0.437 e. The molecule has 1 heterocycles. The monoisotopic (exact) mass is 244 g/mol. The van der Waals surface area contributed by atoms with Crippen LogP contribution in [-0.2, 0) is 11.3 Å². The molecule has 0 unspecified atom stereocenters. The minimum Gasteiger partial charge on any atom is -0.437 e. The lowest BCUT2D eigenvalue weighted by Gasteiger charge is -2.05. The van der Waals surface area contributed by atoms with E-state index in [4.69, 9.17) is 10.00 Å². The summed E-state index contributed by atoms with van der Waals surface area (Å²) in [4.78, 5) is 11.1. The fourth-order valence-corrected chi connectivity index (χ4v) is 1.81. The SMILES string of the molecule is COC(=O)Oc1cc2cc(C)ccc2n1CC#N. The summed E-state index contributed by atoms with van der Waals surface area (Å²) in [5.74, 6) is 0.309. The van der Waals surface area contributed by atoms with Crippen molar-refractivity contribution in [1.29, 1.82) is 5.26 Å². The molecule has 1 aromatic carbocycles. The zero-order valence-electron chi connectivity index (χ0n) is 10.1. The van der Waals surface area contributed by atoms with Crippen LogP contribution in [-0.4, -0.2) is 17.8 Å². The van der Waals surface area contributed by atoms with E-state index in [1.807, 2.05) is 31.2 Å². The predicted octanol–water partition coefficient (Wildman–Crippen LogP) is 2.62. The van der Waals surface area contributed by atoms with Gasteiger partial charge in [-0.2, -0.15) is 5.26 Å². The number of hydrogen-bond donors (Lipinski definition) is 0. The van der Waals surface area contributed by atoms with E-state index in [-0.39, 0.29) is 6.54 Å². The van der Waals surface area contributed by atoms with Crippen LogP contribution in [0, 0.1) is 18.3 Å². The molecule has 18 heavy (non-hydrogen) atoms. The molecule has 0 saturated heterocycles. The average Bonchev–Trinajstić information content (AvgIpc) is 2.67. The predicted molar refractivity (Wildman–Crippen MR) is 65.3 cm³/mol. The Morgan fingerprint density at radius 1 is 1.44 bits per heavy atom. The molecule has 0 spiro atoms. The molecule has 1 aromatic heterocycles. The Balaban J connectivity index is 2.54. The zero-order valence-corrected chi connectivity index (χ0v) is 10.1. The summed E-state index contributed by atoms with van der Waals surface area (Å²) < 4.78 is 11.1. The molecule has 0 saturated carbocycles. The maximum Gasteiger partial charge on any atom is 0.514 e. The van der Waals surface area contributed by atoms with E-state index in [1.54, 1.807) is 10.6 Å². The molecule has 92 valence electrons. The number of nitrogens with zero attached hydrogens (tertiary/aromatic N) is 2. The van der Waals surface area contributed by atoms with E-state index >= 15 is 0 Å². The summed E-state index contributed by atoms with van der Waals surface area (Å²) in [5.41, 5.74) is 1.95. The Hall–Kier alpha value is -2.48. The molecular formula is C13H12N2O3. The number of aryl methyl sites for hydroxylation is 1. The lowest BCUT2D eigenvalue weighted by molar-refractivity contribution is 0.118. The molecule has 0 bridgehead atoms. The number of aromatic nitrogens is 1. The van der Waals surface area contributed by atoms with Gasteiger partial charge in [0.2, 0.25) is 5.88 Å². The Morgan fingerprint density at radius 2 is 2.22 bits per heavy atom. The molecular weight excluding hydrogens is 232 g/mol. The number of nitriles is 1. The van der Waals surface area contributed by atoms with Crippen LogP contribution in [0.15, 0.2) is 24.3 Å². The van der Waals surface area contributed by atoms with Gasteiger partial charge in [-0.25, -0.2) is 4.79 Å². The van der Waals surface area contributed by atoms with Crippen LogP contribution in [0.2, 0.25) is 0 Å². The quantitative estimate of drug-likeness (QED) is 0.762. The number of carbonyl (C=O) groups is 1. The molecule has 0 radical (unpaired) electrons. The minimum absolute atomic E-state index is 0.110. The van der Waals surface area contributed by atoms with Gasteiger partial charge in [0.05, 0.1) is 18.7 Å². The number of fused-ring (bicyclic) bond motifs is 1. The fourth-order valence-electron chi connectivity index (χ4n) is 1.81. The first-order chi connectivity index (χ1) is 8.65. The summed E-state index contributed by atoms with van der Waals surface area (Å²) in [6.45, 7) is 2.08. The van der Waals surface area contributed by atoms with Gasteiger partial charge < -0.3 is 9.47 Å². The van der Waals surface area contributed by atoms with E-state index < -0.39 is 6.16 Å². The molecule has 2 aromatic rings. The van der Waals surface area contributed by atoms with Gasteiger partial charge in [-0.15, -0.1) is 0 Å². The second-order valence-corrected chi connectivity index (χ2v) is 3.85. The summed E-state index contributed by atoms with van der Waals surface area (Å²) in [6, 6.07) is 9.56. The average molecular weight is 244 g/mol. The van der Waals surface area contributed by atoms with E-state index in [0.717, 1.165) is 16.5 Å². The van der Waals surface area contributed by atoms with Crippen molar-refractivity contribution >= 4 is 17.1 Å². The van der Waals surface area contributed by atoms with Crippen LogP contribution in [0.1, 0.15) is 5.56 Å². The molecule has 0 aliphatic carbocycles. The molecule has 0 atom stereocenters. The second-order valence-electron chi connectivity index (χ2n) is 3.85. The highest BCUT2D eigenvalue weighted by molar-refractivity contribution is 5.84. The molecule has 0 N–H and O–H groups in total. The molecule has 5 heteroatoms. The van der Waals surface area contributed by atoms with Crippen LogP contribution >= 0.6 is 0 Å². The maximum atomic E-state index is 11.1. The Labute approximate surface area is 104 Å². The van der Waals surface area contributed by atoms with E-state index in [0.29, 0.717) is 5.88 Å². The number of ether oxygens (including phenoxy) is 2. The van der Waals surface area contributed by atoms with Crippen LogP contribution in [0.3, 0.4) is 0 Å². The van der Waals surface area contributed by atoms with Crippen molar-refractivity contribution < 1.29 is 14.3 Å². The third kappa shape index (κ3) is 2.13. The lowest BCUT2D eigenvalue weighted by Crippen LogP contribution is -2.10. The molecule has 2 rings (SSSR count).